The van der Waals surface area contributed by atoms with E-state index in [1.807, 2.05) is 24.4 Å². The van der Waals surface area contributed by atoms with Crippen molar-refractivity contribution in [3.05, 3.63) is 58.0 Å². The highest BCUT2D eigenvalue weighted by molar-refractivity contribution is 7.10. The first-order valence-electron chi connectivity index (χ1n) is 7.40. The summed E-state index contributed by atoms with van der Waals surface area (Å²) in [6.45, 7) is 2.03. The van der Waals surface area contributed by atoms with E-state index in [1.54, 1.807) is 24.1 Å². The molecule has 4 nitrogen and oxygen atoms in total. The van der Waals surface area contributed by atoms with E-state index in [1.165, 1.54) is 23.5 Å². The van der Waals surface area contributed by atoms with Crippen molar-refractivity contribution in [1.29, 1.82) is 0 Å². The Kier molecular flexibility index (Phi) is 6.27. The SMILES string of the molecule is CC(CO)N(C)CC(=O)NC(c1ccc(F)cc1)c1cccs1. The van der Waals surface area contributed by atoms with E-state index < -0.39 is 0 Å². The maximum absolute atomic E-state index is 13.1. The van der Waals surface area contributed by atoms with E-state index in [0.29, 0.717) is 0 Å². The van der Waals surface area contributed by atoms with Crippen LogP contribution in [0.1, 0.15) is 23.4 Å². The fourth-order valence-electron chi connectivity index (χ4n) is 2.16. The molecule has 23 heavy (non-hydrogen) atoms. The van der Waals surface area contributed by atoms with Gasteiger partial charge in [-0.25, -0.2) is 4.39 Å². The number of rotatable bonds is 7. The Morgan fingerprint density at radius 2 is 2.04 bits per heavy atom. The number of carbonyl (C=O) groups is 1. The van der Waals surface area contributed by atoms with Gasteiger partial charge in [-0.3, -0.25) is 9.69 Å². The van der Waals surface area contributed by atoms with Crippen molar-refractivity contribution in [2.75, 3.05) is 20.2 Å². The number of likely N-dealkylation sites (N-methyl/N-ethyl adjacent to an activating group) is 1. The number of thiophene rings is 1. The van der Waals surface area contributed by atoms with E-state index in [2.05, 4.69) is 5.32 Å². The van der Waals surface area contributed by atoms with Crippen LogP contribution in [-0.4, -0.2) is 42.2 Å². The van der Waals surface area contributed by atoms with Crippen LogP contribution in [0.2, 0.25) is 0 Å². The molecule has 2 rings (SSSR count). The summed E-state index contributed by atoms with van der Waals surface area (Å²) < 4.78 is 13.1. The van der Waals surface area contributed by atoms with Crippen LogP contribution in [0.3, 0.4) is 0 Å². The molecule has 0 fully saturated rings. The Bertz CT molecular complexity index is 616. The van der Waals surface area contributed by atoms with Crippen LogP contribution in [0.15, 0.2) is 41.8 Å². The number of hydrogen-bond donors (Lipinski definition) is 2. The first-order chi connectivity index (χ1) is 11.0. The van der Waals surface area contributed by atoms with Gasteiger partial charge < -0.3 is 10.4 Å². The lowest BCUT2D eigenvalue weighted by atomic mass is 10.1. The molecular formula is C17H21FN2O2S. The number of nitrogens with zero attached hydrogens (tertiary/aromatic N) is 1. The third-order valence-corrected chi connectivity index (χ3v) is 4.68. The second-order valence-electron chi connectivity index (χ2n) is 5.51. The summed E-state index contributed by atoms with van der Waals surface area (Å²) in [5.41, 5.74) is 0.833. The van der Waals surface area contributed by atoms with E-state index in [9.17, 15) is 9.18 Å². The standard InChI is InChI=1S/C17H21FN2O2S/c1-12(11-21)20(2)10-16(22)19-17(15-4-3-9-23-15)13-5-7-14(18)8-6-13/h3-9,12,17,21H,10-11H2,1-2H3,(H,19,22). The smallest absolute Gasteiger partial charge is 0.234 e. The third kappa shape index (κ3) is 4.86. The Labute approximate surface area is 139 Å². The first kappa shape index (κ1) is 17.6. The fraction of sp³-hybridized carbons (Fsp3) is 0.353. The molecule has 2 atom stereocenters. The summed E-state index contributed by atoms with van der Waals surface area (Å²) in [7, 11) is 1.79. The van der Waals surface area contributed by atoms with Crippen molar-refractivity contribution >= 4 is 17.2 Å². The maximum Gasteiger partial charge on any atom is 0.234 e. The molecule has 0 aliphatic rings. The van der Waals surface area contributed by atoms with Crippen LogP contribution in [-0.2, 0) is 4.79 Å². The van der Waals surface area contributed by atoms with Gasteiger partial charge in [-0.1, -0.05) is 18.2 Å². The quantitative estimate of drug-likeness (QED) is 0.816. The highest BCUT2D eigenvalue weighted by atomic mass is 32.1. The molecular weight excluding hydrogens is 315 g/mol. The zero-order chi connectivity index (χ0) is 16.8. The molecule has 2 aromatic rings. The summed E-state index contributed by atoms with van der Waals surface area (Å²) in [6, 6.07) is 9.61. The molecule has 1 aromatic carbocycles. The molecule has 1 aromatic heterocycles. The summed E-state index contributed by atoms with van der Waals surface area (Å²) in [6.07, 6.45) is 0. The van der Waals surface area contributed by atoms with Crippen molar-refractivity contribution < 1.29 is 14.3 Å². The molecule has 6 heteroatoms. The lowest BCUT2D eigenvalue weighted by Crippen LogP contribution is -2.42. The topological polar surface area (TPSA) is 52.6 Å². The van der Waals surface area contributed by atoms with Gasteiger partial charge in [0, 0.05) is 10.9 Å². The average molecular weight is 336 g/mol. The Hall–Kier alpha value is -1.76. The molecule has 2 N–H and O–H groups in total. The van der Waals surface area contributed by atoms with Gasteiger partial charge in [0.2, 0.25) is 5.91 Å². The van der Waals surface area contributed by atoms with Crippen molar-refractivity contribution in [2.24, 2.45) is 0 Å². The minimum absolute atomic E-state index is 0.00387. The zero-order valence-corrected chi connectivity index (χ0v) is 14.0. The molecule has 1 heterocycles. The molecule has 0 aliphatic carbocycles. The van der Waals surface area contributed by atoms with E-state index >= 15 is 0 Å². The largest absolute Gasteiger partial charge is 0.395 e. The van der Waals surface area contributed by atoms with Crippen molar-refractivity contribution in [3.8, 4) is 0 Å². The normalized spacial score (nSPS) is 13.8. The molecule has 2 unspecified atom stereocenters. The second kappa shape index (κ2) is 8.19. The first-order valence-corrected chi connectivity index (χ1v) is 8.28. The highest BCUT2D eigenvalue weighted by Gasteiger charge is 2.20. The van der Waals surface area contributed by atoms with Crippen molar-refractivity contribution in [2.45, 2.75) is 19.0 Å². The number of nitrogens with one attached hydrogen (secondary N) is 1. The van der Waals surface area contributed by atoms with E-state index in [0.717, 1.165) is 10.4 Å². The fourth-order valence-corrected chi connectivity index (χ4v) is 2.96. The number of aliphatic hydroxyl groups is 1. The number of amides is 1. The molecule has 124 valence electrons. The van der Waals surface area contributed by atoms with Crippen molar-refractivity contribution in [1.82, 2.24) is 10.2 Å². The Morgan fingerprint density at radius 3 is 2.61 bits per heavy atom. The molecule has 0 bridgehead atoms. The number of aliphatic hydroxyl groups excluding tert-OH is 1. The monoisotopic (exact) mass is 336 g/mol. The lowest BCUT2D eigenvalue weighted by Gasteiger charge is -2.24. The van der Waals surface area contributed by atoms with Crippen molar-refractivity contribution in [3.63, 3.8) is 0 Å². The predicted molar refractivity (Wildman–Crippen MR) is 89.9 cm³/mol. The number of benzene rings is 1. The second-order valence-corrected chi connectivity index (χ2v) is 6.49. The zero-order valence-electron chi connectivity index (χ0n) is 13.2. The molecule has 0 aliphatic heterocycles. The number of halogens is 1. The van der Waals surface area contributed by atoms with Gasteiger partial charge in [0.15, 0.2) is 0 Å². The summed E-state index contributed by atoms with van der Waals surface area (Å²) in [4.78, 5) is 15.1. The van der Waals surface area contributed by atoms with Gasteiger partial charge in [0.25, 0.3) is 0 Å². The minimum Gasteiger partial charge on any atom is -0.395 e. The molecule has 0 saturated carbocycles. The van der Waals surface area contributed by atoms with Crippen LogP contribution in [0.4, 0.5) is 4.39 Å². The maximum atomic E-state index is 13.1. The van der Waals surface area contributed by atoms with Crippen LogP contribution in [0, 0.1) is 5.82 Å². The highest BCUT2D eigenvalue weighted by Crippen LogP contribution is 2.26. The average Bonchev–Trinajstić information content (AvgIpc) is 3.07. The van der Waals surface area contributed by atoms with E-state index in [-0.39, 0.29) is 37.0 Å². The molecule has 0 saturated heterocycles. The summed E-state index contributed by atoms with van der Waals surface area (Å²) in [5, 5.41) is 14.1. The van der Waals surface area contributed by atoms with Crippen LogP contribution in [0.5, 0.6) is 0 Å². The number of carbonyl (C=O) groups excluding carboxylic acids is 1. The van der Waals surface area contributed by atoms with Gasteiger partial charge >= 0.3 is 0 Å². The van der Waals surface area contributed by atoms with E-state index in [4.69, 9.17) is 5.11 Å². The van der Waals surface area contributed by atoms with Gasteiger partial charge in [-0.15, -0.1) is 11.3 Å². The van der Waals surface area contributed by atoms with Gasteiger partial charge in [0.05, 0.1) is 19.2 Å². The Morgan fingerprint density at radius 1 is 1.35 bits per heavy atom. The summed E-state index contributed by atoms with van der Waals surface area (Å²) in [5.74, 6) is -0.447. The third-order valence-electron chi connectivity index (χ3n) is 3.75. The molecule has 0 radical (unpaired) electrons. The lowest BCUT2D eigenvalue weighted by molar-refractivity contribution is -0.123. The molecule has 1 amide bonds. The molecule has 0 spiro atoms. The van der Waals surface area contributed by atoms with Crippen LogP contribution < -0.4 is 5.32 Å². The Balaban J connectivity index is 2.13. The minimum atomic E-state index is -0.305. The number of hydrogen-bond acceptors (Lipinski definition) is 4. The van der Waals surface area contributed by atoms with Gasteiger partial charge in [0.1, 0.15) is 5.82 Å². The van der Waals surface area contributed by atoms with Crippen LogP contribution >= 0.6 is 11.3 Å². The van der Waals surface area contributed by atoms with Gasteiger partial charge in [-0.2, -0.15) is 0 Å². The summed E-state index contributed by atoms with van der Waals surface area (Å²) >= 11 is 1.54. The van der Waals surface area contributed by atoms with Crippen LogP contribution in [0.25, 0.3) is 0 Å². The van der Waals surface area contributed by atoms with Gasteiger partial charge in [-0.05, 0) is 43.1 Å². The predicted octanol–water partition coefficient (Wildman–Crippen LogP) is 2.41.